The van der Waals surface area contributed by atoms with Gasteiger partial charge in [-0.05, 0) is 6.42 Å². The second-order valence-electron chi connectivity index (χ2n) is 4.11. The van der Waals surface area contributed by atoms with Crippen LogP contribution in [0.2, 0.25) is 5.02 Å². The van der Waals surface area contributed by atoms with Crippen LogP contribution in [0.25, 0.3) is 0 Å². The Morgan fingerprint density at radius 1 is 1.47 bits per heavy atom. The molecule has 0 saturated heterocycles. The van der Waals surface area contributed by atoms with Crippen LogP contribution in [0.15, 0.2) is 17.3 Å². The van der Waals surface area contributed by atoms with Crippen LogP contribution in [0.1, 0.15) is 19.2 Å². The van der Waals surface area contributed by atoms with Gasteiger partial charge in [-0.1, -0.05) is 18.5 Å². The summed E-state index contributed by atoms with van der Waals surface area (Å²) in [6.45, 7) is 2.96. The van der Waals surface area contributed by atoms with E-state index < -0.39 is 0 Å². The van der Waals surface area contributed by atoms with Gasteiger partial charge in [0.15, 0.2) is 5.82 Å². The Morgan fingerprint density at radius 3 is 2.89 bits per heavy atom. The van der Waals surface area contributed by atoms with Crippen LogP contribution in [-0.2, 0) is 20.1 Å². The van der Waals surface area contributed by atoms with Gasteiger partial charge in [-0.15, -0.1) is 10.2 Å². The number of nitrogens with one attached hydrogen (secondary N) is 1. The fourth-order valence-corrected chi connectivity index (χ4v) is 1.81. The van der Waals surface area contributed by atoms with Gasteiger partial charge >= 0.3 is 0 Å². The minimum atomic E-state index is -0.286. The van der Waals surface area contributed by atoms with Crippen molar-refractivity contribution in [2.45, 2.75) is 26.4 Å². The molecule has 0 saturated carbocycles. The SMILES string of the molecule is CCCn1ncc(NCc2nncn2C)c(Cl)c1=O. The third-order valence-corrected chi connectivity index (χ3v) is 3.03. The van der Waals surface area contributed by atoms with E-state index in [0.29, 0.717) is 18.8 Å². The van der Waals surface area contributed by atoms with Gasteiger partial charge in [0.25, 0.3) is 5.56 Å². The molecule has 0 aromatic carbocycles. The van der Waals surface area contributed by atoms with Gasteiger partial charge < -0.3 is 9.88 Å². The zero-order valence-corrected chi connectivity index (χ0v) is 11.6. The number of aryl methyl sites for hydroxylation is 2. The molecule has 102 valence electrons. The average Bonchev–Trinajstić information content (AvgIpc) is 2.80. The van der Waals surface area contributed by atoms with E-state index in [1.54, 1.807) is 17.1 Å². The molecular weight excluding hydrogens is 268 g/mol. The summed E-state index contributed by atoms with van der Waals surface area (Å²) >= 11 is 6.04. The van der Waals surface area contributed by atoms with E-state index in [1.807, 2.05) is 14.0 Å². The van der Waals surface area contributed by atoms with Gasteiger partial charge in [-0.3, -0.25) is 4.79 Å². The van der Waals surface area contributed by atoms with Gasteiger partial charge in [0.2, 0.25) is 0 Å². The normalized spacial score (nSPS) is 10.7. The number of rotatable bonds is 5. The van der Waals surface area contributed by atoms with E-state index in [2.05, 4.69) is 20.6 Å². The highest BCUT2D eigenvalue weighted by atomic mass is 35.5. The molecule has 1 N–H and O–H groups in total. The molecule has 0 spiro atoms. The highest BCUT2D eigenvalue weighted by Gasteiger charge is 2.09. The van der Waals surface area contributed by atoms with E-state index in [-0.39, 0.29) is 10.6 Å². The summed E-state index contributed by atoms with van der Waals surface area (Å²) < 4.78 is 3.14. The van der Waals surface area contributed by atoms with Crippen molar-refractivity contribution in [2.75, 3.05) is 5.32 Å². The number of anilines is 1. The first-order valence-electron chi connectivity index (χ1n) is 5.95. The molecular formula is C11H15ClN6O. The predicted molar refractivity (Wildman–Crippen MR) is 72.1 cm³/mol. The zero-order chi connectivity index (χ0) is 13.8. The van der Waals surface area contributed by atoms with Crippen LogP contribution in [0, 0.1) is 0 Å². The lowest BCUT2D eigenvalue weighted by Gasteiger charge is -2.09. The molecule has 0 atom stereocenters. The molecule has 0 aliphatic rings. The highest BCUT2D eigenvalue weighted by molar-refractivity contribution is 6.32. The van der Waals surface area contributed by atoms with E-state index in [9.17, 15) is 4.79 Å². The fourth-order valence-electron chi connectivity index (χ4n) is 1.60. The van der Waals surface area contributed by atoms with Crippen LogP contribution in [0.3, 0.4) is 0 Å². The van der Waals surface area contributed by atoms with Crippen LogP contribution in [0.5, 0.6) is 0 Å². The van der Waals surface area contributed by atoms with Crippen molar-refractivity contribution in [1.82, 2.24) is 24.5 Å². The van der Waals surface area contributed by atoms with Crippen molar-refractivity contribution in [3.05, 3.63) is 33.7 Å². The van der Waals surface area contributed by atoms with Crippen molar-refractivity contribution >= 4 is 17.3 Å². The van der Waals surface area contributed by atoms with Crippen LogP contribution in [-0.4, -0.2) is 24.5 Å². The second kappa shape index (κ2) is 5.83. The van der Waals surface area contributed by atoms with Gasteiger partial charge in [0, 0.05) is 13.6 Å². The molecule has 7 nitrogen and oxygen atoms in total. The third-order valence-electron chi connectivity index (χ3n) is 2.66. The summed E-state index contributed by atoms with van der Waals surface area (Å²) in [4.78, 5) is 11.9. The maximum absolute atomic E-state index is 11.9. The first-order chi connectivity index (χ1) is 9.13. The van der Waals surface area contributed by atoms with Crippen LogP contribution in [0.4, 0.5) is 5.69 Å². The first kappa shape index (κ1) is 13.5. The maximum atomic E-state index is 11.9. The maximum Gasteiger partial charge on any atom is 0.287 e. The Hall–Kier alpha value is -1.89. The molecule has 2 rings (SSSR count). The van der Waals surface area contributed by atoms with Crippen molar-refractivity contribution < 1.29 is 0 Å². The molecule has 0 aliphatic heterocycles. The van der Waals surface area contributed by atoms with Crippen LogP contribution < -0.4 is 10.9 Å². The number of hydrogen-bond donors (Lipinski definition) is 1. The Labute approximate surface area is 115 Å². The monoisotopic (exact) mass is 282 g/mol. The molecule has 0 amide bonds. The number of nitrogens with zero attached hydrogens (tertiary/aromatic N) is 5. The average molecular weight is 283 g/mol. The molecule has 0 radical (unpaired) electrons. The summed E-state index contributed by atoms with van der Waals surface area (Å²) in [5.74, 6) is 0.744. The van der Waals surface area contributed by atoms with Crippen molar-refractivity contribution in [3.8, 4) is 0 Å². The lowest BCUT2D eigenvalue weighted by molar-refractivity contribution is 0.568. The Bertz CT molecular complexity index is 620. The summed E-state index contributed by atoms with van der Waals surface area (Å²) in [5, 5.41) is 14.9. The largest absolute Gasteiger partial charge is 0.375 e. The zero-order valence-electron chi connectivity index (χ0n) is 10.8. The van der Waals surface area contributed by atoms with Crippen molar-refractivity contribution in [3.63, 3.8) is 0 Å². The molecule has 0 aliphatic carbocycles. The molecule has 0 bridgehead atoms. The quantitative estimate of drug-likeness (QED) is 0.887. The first-order valence-corrected chi connectivity index (χ1v) is 6.33. The summed E-state index contributed by atoms with van der Waals surface area (Å²) in [6.07, 6.45) is 3.99. The van der Waals surface area contributed by atoms with E-state index in [1.165, 1.54) is 4.68 Å². The molecule has 0 fully saturated rings. The Kier molecular flexibility index (Phi) is 4.16. The third kappa shape index (κ3) is 2.93. The fraction of sp³-hybridized carbons (Fsp3) is 0.455. The minimum absolute atomic E-state index is 0.144. The van der Waals surface area contributed by atoms with Crippen molar-refractivity contribution in [2.24, 2.45) is 7.05 Å². The topological polar surface area (TPSA) is 77.6 Å². The second-order valence-corrected chi connectivity index (χ2v) is 4.49. The molecule has 0 unspecified atom stereocenters. The van der Waals surface area contributed by atoms with Crippen LogP contribution >= 0.6 is 11.6 Å². The molecule has 2 aromatic heterocycles. The Morgan fingerprint density at radius 2 is 2.26 bits per heavy atom. The molecule has 8 heteroatoms. The molecule has 19 heavy (non-hydrogen) atoms. The smallest absolute Gasteiger partial charge is 0.287 e. The van der Waals surface area contributed by atoms with E-state index in [4.69, 9.17) is 11.6 Å². The van der Waals surface area contributed by atoms with Gasteiger partial charge in [0.1, 0.15) is 11.3 Å². The number of halogens is 1. The minimum Gasteiger partial charge on any atom is -0.375 e. The van der Waals surface area contributed by atoms with E-state index >= 15 is 0 Å². The Balaban J connectivity index is 2.16. The summed E-state index contributed by atoms with van der Waals surface area (Å²) in [7, 11) is 1.84. The van der Waals surface area contributed by atoms with Crippen molar-refractivity contribution in [1.29, 1.82) is 0 Å². The number of aromatic nitrogens is 5. The van der Waals surface area contributed by atoms with Gasteiger partial charge in [-0.2, -0.15) is 5.10 Å². The standard InChI is InChI=1S/C11H15ClN6O/c1-3-4-18-11(19)10(12)8(5-15-18)13-6-9-16-14-7-17(9)2/h5,7,13H,3-4,6H2,1-2H3. The molecule has 2 heterocycles. The van der Waals surface area contributed by atoms with Gasteiger partial charge in [-0.25, -0.2) is 4.68 Å². The summed E-state index contributed by atoms with van der Waals surface area (Å²) in [6, 6.07) is 0. The van der Waals surface area contributed by atoms with E-state index in [0.717, 1.165) is 12.2 Å². The lowest BCUT2D eigenvalue weighted by atomic mass is 10.4. The van der Waals surface area contributed by atoms with Gasteiger partial charge in [0.05, 0.1) is 18.4 Å². The predicted octanol–water partition coefficient (Wildman–Crippen LogP) is 1.05. The number of hydrogen-bond acceptors (Lipinski definition) is 5. The summed E-state index contributed by atoms with van der Waals surface area (Å²) in [5.41, 5.74) is 0.216. The molecule has 2 aromatic rings. The highest BCUT2D eigenvalue weighted by Crippen LogP contribution is 2.15. The lowest BCUT2D eigenvalue weighted by Crippen LogP contribution is -2.24.